The van der Waals surface area contributed by atoms with Crippen molar-refractivity contribution in [2.45, 2.75) is 6.54 Å². The average Bonchev–Trinajstić information content (AvgIpc) is 2.82. The second-order valence-electron chi connectivity index (χ2n) is 4.06. The molecule has 0 aliphatic rings. The third kappa shape index (κ3) is 2.12. The van der Waals surface area contributed by atoms with Gasteiger partial charge >= 0.3 is 5.69 Å². The van der Waals surface area contributed by atoms with Crippen LogP contribution in [0.4, 0.5) is 4.39 Å². The molecule has 3 rings (SSSR count). The monoisotopic (exact) mass is 275 g/mol. The Morgan fingerprint density at radius 3 is 3.00 bits per heavy atom. The van der Waals surface area contributed by atoms with Crippen LogP contribution in [0.3, 0.4) is 0 Å². The molecule has 0 fully saturated rings. The highest BCUT2D eigenvalue weighted by Crippen LogP contribution is 2.23. The first-order valence-corrected chi connectivity index (χ1v) is 5.76. The molecule has 0 saturated carbocycles. The standard InChI is InChI=1S/C12H10FN5O2/c13-8-3-7(5-14)1-2-9(8)20-11-4-10-16-17-12(19)18(10)6-15-11/h1-4,6H,5,14H2,(H,17,19). The van der Waals surface area contributed by atoms with E-state index in [1.54, 1.807) is 6.07 Å². The van der Waals surface area contributed by atoms with Gasteiger partial charge in [0.05, 0.1) is 0 Å². The van der Waals surface area contributed by atoms with E-state index >= 15 is 0 Å². The molecule has 0 unspecified atom stereocenters. The Bertz CT molecular complexity index is 826. The van der Waals surface area contributed by atoms with Crippen LogP contribution in [-0.2, 0) is 6.54 Å². The van der Waals surface area contributed by atoms with Crippen molar-refractivity contribution in [2.24, 2.45) is 5.73 Å². The maximum Gasteiger partial charge on any atom is 0.348 e. The molecule has 7 nitrogen and oxygen atoms in total. The van der Waals surface area contributed by atoms with E-state index in [2.05, 4.69) is 15.2 Å². The quantitative estimate of drug-likeness (QED) is 0.737. The van der Waals surface area contributed by atoms with Gasteiger partial charge in [-0.05, 0) is 17.7 Å². The lowest BCUT2D eigenvalue weighted by Crippen LogP contribution is -2.09. The SMILES string of the molecule is NCc1ccc(Oc2cc3n[nH]c(=O)n3cn2)c(F)c1. The van der Waals surface area contributed by atoms with E-state index in [4.69, 9.17) is 10.5 Å². The van der Waals surface area contributed by atoms with E-state index < -0.39 is 11.5 Å². The predicted octanol–water partition coefficient (Wildman–Crippen LogP) is 0.808. The van der Waals surface area contributed by atoms with Crippen molar-refractivity contribution in [1.82, 2.24) is 19.6 Å². The van der Waals surface area contributed by atoms with E-state index in [1.165, 1.54) is 28.9 Å². The second kappa shape index (κ2) is 4.74. The summed E-state index contributed by atoms with van der Waals surface area (Å²) in [6.45, 7) is 0.248. The number of nitrogens with two attached hydrogens (primary N) is 1. The number of nitrogens with zero attached hydrogens (tertiary/aromatic N) is 3. The normalized spacial score (nSPS) is 10.9. The smallest absolute Gasteiger partial charge is 0.348 e. The molecule has 0 aliphatic carbocycles. The van der Waals surface area contributed by atoms with Gasteiger partial charge in [0.15, 0.2) is 17.2 Å². The van der Waals surface area contributed by atoms with Gasteiger partial charge in [-0.15, -0.1) is 0 Å². The fourth-order valence-electron chi connectivity index (χ4n) is 1.72. The van der Waals surface area contributed by atoms with Gasteiger partial charge < -0.3 is 10.5 Å². The van der Waals surface area contributed by atoms with Gasteiger partial charge in [0.25, 0.3) is 0 Å². The van der Waals surface area contributed by atoms with Crippen LogP contribution in [0.1, 0.15) is 5.56 Å². The predicted molar refractivity (Wildman–Crippen MR) is 68.0 cm³/mol. The van der Waals surface area contributed by atoms with Crippen LogP contribution in [0.25, 0.3) is 5.65 Å². The molecule has 2 aromatic heterocycles. The summed E-state index contributed by atoms with van der Waals surface area (Å²) in [7, 11) is 0. The Labute approximate surface area is 111 Å². The Balaban J connectivity index is 1.94. The molecule has 3 aromatic rings. The van der Waals surface area contributed by atoms with E-state index in [0.717, 1.165) is 0 Å². The van der Waals surface area contributed by atoms with Crippen LogP contribution >= 0.6 is 0 Å². The molecule has 8 heteroatoms. The molecule has 2 heterocycles. The molecule has 0 bridgehead atoms. The summed E-state index contributed by atoms with van der Waals surface area (Å²) in [5, 5.41) is 6.03. The summed E-state index contributed by atoms with van der Waals surface area (Å²) in [6, 6.07) is 5.86. The Hall–Kier alpha value is -2.74. The number of halogens is 1. The number of hydrogen-bond acceptors (Lipinski definition) is 5. The molecule has 0 radical (unpaired) electrons. The van der Waals surface area contributed by atoms with E-state index in [1.807, 2.05) is 0 Å². The molecule has 1 aromatic carbocycles. The average molecular weight is 275 g/mol. The lowest BCUT2D eigenvalue weighted by molar-refractivity contribution is 0.426. The Kier molecular flexibility index (Phi) is 2.92. The summed E-state index contributed by atoms with van der Waals surface area (Å²) in [5.74, 6) is -0.373. The third-order valence-electron chi connectivity index (χ3n) is 2.73. The molecule has 3 N–H and O–H groups in total. The van der Waals surface area contributed by atoms with Crippen molar-refractivity contribution in [3.63, 3.8) is 0 Å². The van der Waals surface area contributed by atoms with E-state index in [-0.39, 0.29) is 18.2 Å². The zero-order valence-corrected chi connectivity index (χ0v) is 10.2. The Morgan fingerprint density at radius 1 is 1.40 bits per heavy atom. The number of hydrogen-bond donors (Lipinski definition) is 2. The second-order valence-corrected chi connectivity index (χ2v) is 4.06. The van der Waals surface area contributed by atoms with Gasteiger partial charge in [-0.1, -0.05) is 6.07 Å². The number of aromatic nitrogens is 4. The lowest BCUT2D eigenvalue weighted by Gasteiger charge is -2.06. The molecule has 0 atom stereocenters. The molecule has 0 amide bonds. The van der Waals surface area contributed by atoms with Crippen LogP contribution in [0.15, 0.2) is 35.4 Å². The maximum atomic E-state index is 13.8. The lowest BCUT2D eigenvalue weighted by atomic mass is 10.2. The summed E-state index contributed by atoms with van der Waals surface area (Å²) in [4.78, 5) is 15.2. The maximum absolute atomic E-state index is 13.8. The number of rotatable bonds is 3. The Morgan fingerprint density at radius 2 is 2.25 bits per heavy atom. The fourth-order valence-corrected chi connectivity index (χ4v) is 1.72. The number of benzene rings is 1. The first kappa shape index (κ1) is 12.3. The molecule has 0 saturated heterocycles. The number of H-pyrrole nitrogens is 1. The van der Waals surface area contributed by atoms with Gasteiger partial charge in [-0.2, -0.15) is 5.10 Å². The third-order valence-corrected chi connectivity index (χ3v) is 2.73. The van der Waals surface area contributed by atoms with Crippen molar-refractivity contribution < 1.29 is 9.13 Å². The van der Waals surface area contributed by atoms with Crippen LogP contribution in [0, 0.1) is 5.82 Å². The molecule has 20 heavy (non-hydrogen) atoms. The first-order chi connectivity index (χ1) is 9.67. The molecule has 102 valence electrons. The highest BCUT2D eigenvalue weighted by Gasteiger charge is 2.08. The van der Waals surface area contributed by atoms with Crippen molar-refractivity contribution >= 4 is 5.65 Å². The van der Waals surface area contributed by atoms with Gasteiger partial charge in [0.1, 0.15) is 6.33 Å². The van der Waals surface area contributed by atoms with Crippen molar-refractivity contribution in [3.8, 4) is 11.6 Å². The van der Waals surface area contributed by atoms with Crippen LogP contribution in [0.5, 0.6) is 11.6 Å². The number of aromatic amines is 1. The molecule has 0 spiro atoms. The highest BCUT2D eigenvalue weighted by atomic mass is 19.1. The minimum Gasteiger partial charge on any atom is -0.436 e. The van der Waals surface area contributed by atoms with Gasteiger partial charge in [-0.3, -0.25) is 0 Å². The summed E-state index contributed by atoms with van der Waals surface area (Å²) >= 11 is 0. The largest absolute Gasteiger partial charge is 0.436 e. The fraction of sp³-hybridized carbons (Fsp3) is 0.0833. The van der Waals surface area contributed by atoms with Gasteiger partial charge in [0.2, 0.25) is 5.88 Å². The van der Waals surface area contributed by atoms with Crippen LogP contribution in [-0.4, -0.2) is 19.6 Å². The van der Waals surface area contributed by atoms with Crippen LogP contribution < -0.4 is 16.2 Å². The number of nitrogens with one attached hydrogen (secondary N) is 1. The van der Waals surface area contributed by atoms with E-state index in [0.29, 0.717) is 11.2 Å². The van der Waals surface area contributed by atoms with Gasteiger partial charge in [0, 0.05) is 12.6 Å². The summed E-state index contributed by atoms with van der Waals surface area (Å²) in [6.07, 6.45) is 1.25. The molecule has 0 aliphatic heterocycles. The molecular weight excluding hydrogens is 265 g/mol. The minimum atomic E-state index is -0.533. The zero-order chi connectivity index (χ0) is 14.1. The minimum absolute atomic E-state index is 0.0249. The van der Waals surface area contributed by atoms with E-state index in [9.17, 15) is 9.18 Å². The summed E-state index contributed by atoms with van der Waals surface area (Å²) in [5.41, 5.74) is 6.01. The van der Waals surface area contributed by atoms with Gasteiger partial charge in [-0.25, -0.2) is 23.7 Å². The molecular formula is C12H10FN5O2. The highest BCUT2D eigenvalue weighted by molar-refractivity contribution is 5.41. The van der Waals surface area contributed by atoms with Crippen molar-refractivity contribution in [1.29, 1.82) is 0 Å². The van der Waals surface area contributed by atoms with Crippen molar-refractivity contribution in [2.75, 3.05) is 0 Å². The zero-order valence-electron chi connectivity index (χ0n) is 10.2. The number of ether oxygens (including phenoxy) is 1. The van der Waals surface area contributed by atoms with Crippen LogP contribution in [0.2, 0.25) is 0 Å². The number of fused-ring (bicyclic) bond motifs is 1. The summed E-state index contributed by atoms with van der Waals surface area (Å²) < 4.78 is 20.3. The topological polar surface area (TPSA) is 98.3 Å². The van der Waals surface area contributed by atoms with Crippen molar-refractivity contribution in [3.05, 3.63) is 52.5 Å². The first-order valence-electron chi connectivity index (χ1n) is 5.76.